The van der Waals surface area contributed by atoms with Crippen molar-refractivity contribution in [1.29, 1.82) is 0 Å². The molecule has 2 aromatic rings. The van der Waals surface area contributed by atoms with Crippen LogP contribution in [-0.2, 0) is 11.2 Å². The van der Waals surface area contributed by atoms with Crippen molar-refractivity contribution in [3.05, 3.63) is 42.1 Å². The highest BCUT2D eigenvalue weighted by Crippen LogP contribution is 2.15. The molecule has 1 aromatic carbocycles. The topological polar surface area (TPSA) is 85.0 Å². The average molecular weight is 400 g/mol. The molecule has 2 heterocycles. The van der Waals surface area contributed by atoms with Crippen LogP contribution in [0, 0.1) is 0 Å². The first kappa shape index (κ1) is 22.3. The highest BCUT2D eigenvalue weighted by atomic mass is 35.5. The average Bonchev–Trinajstić information content (AvgIpc) is 3.01. The Kier molecular flexibility index (Phi) is 9.48. The Hall–Kier alpha value is -1.76. The van der Waals surface area contributed by atoms with Crippen LogP contribution in [0.3, 0.4) is 0 Å². The highest BCUT2D eigenvalue weighted by molar-refractivity contribution is 5.85. The second-order valence-electron chi connectivity index (χ2n) is 6.20. The lowest BCUT2D eigenvalue weighted by Gasteiger charge is -2.22. The molecule has 26 heavy (non-hydrogen) atoms. The van der Waals surface area contributed by atoms with Crippen LogP contribution in [0.15, 0.2) is 36.4 Å². The van der Waals surface area contributed by atoms with Crippen molar-refractivity contribution in [2.24, 2.45) is 0 Å². The summed E-state index contributed by atoms with van der Waals surface area (Å²) < 4.78 is 1.75. The number of anilines is 1. The van der Waals surface area contributed by atoms with Gasteiger partial charge < -0.3 is 16.4 Å². The fourth-order valence-electron chi connectivity index (χ4n) is 3.02. The minimum atomic E-state index is -0.0216. The zero-order valence-corrected chi connectivity index (χ0v) is 16.3. The number of hydrogen-bond acceptors (Lipinski definition) is 4. The van der Waals surface area contributed by atoms with E-state index < -0.39 is 0 Å². The van der Waals surface area contributed by atoms with E-state index in [2.05, 4.69) is 15.7 Å². The summed E-state index contributed by atoms with van der Waals surface area (Å²) in [6, 6.07) is 11.7. The standard InChI is InChI=1S/C18H25N5O.2ClH/c19-17-13-14(22-23(17)15-8-2-1-3-9-15)7-6-12-21-18(24)16-10-4-5-11-20-16;;/h1-3,8-9,13,16,20H,4-7,10-12,19H2,(H,21,24);2*1H/t16-;;/m1../s1. The Bertz CT molecular complexity index is 671. The lowest BCUT2D eigenvalue weighted by Crippen LogP contribution is -2.46. The molecule has 0 radical (unpaired) electrons. The highest BCUT2D eigenvalue weighted by Gasteiger charge is 2.19. The third kappa shape index (κ3) is 5.90. The number of nitrogens with one attached hydrogen (secondary N) is 2. The normalized spacial score (nSPS) is 16.2. The van der Waals surface area contributed by atoms with Gasteiger partial charge in [0.25, 0.3) is 0 Å². The molecule has 0 spiro atoms. The van der Waals surface area contributed by atoms with Gasteiger partial charge in [0.2, 0.25) is 5.91 Å². The van der Waals surface area contributed by atoms with Crippen LogP contribution in [-0.4, -0.2) is 34.8 Å². The number of carbonyl (C=O) groups is 1. The minimum Gasteiger partial charge on any atom is -0.384 e. The summed E-state index contributed by atoms with van der Waals surface area (Å²) in [6.45, 7) is 1.60. The summed E-state index contributed by atoms with van der Waals surface area (Å²) >= 11 is 0. The van der Waals surface area contributed by atoms with Crippen LogP contribution >= 0.6 is 24.8 Å². The van der Waals surface area contributed by atoms with E-state index in [1.807, 2.05) is 36.4 Å². The van der Waals surface area contributed by atoms with Crippen molar-refractivity contribution in [3.8, 4) is 5.69 Å². The first-order chi connectivity index (χ1) is 11.7. The molecule has 1 amide bonds. The Morgan fingerprint density at radius 2 is 2.04 bits per heavy atom. The van der Waals surface area contributed by atoms with Gasteiger partial charge in [-0.15, -0.1) is 24.8 Å². The molecule has 0 saturated carbocycles. The van der Waals surface area contributed by atoms with E-state index in [0.717, 1.165) is 50.0 Å². The maximum atomic E-state index is 12.0. The molecule has 4 N–H and O–H groups in total. The number of benzene rings is 1. The van der Waals surface area contributed by atoms with Gasteiger partial charge in [-0.25, -0.2) is 4.68 Å². The zero-order valence-electron chi connectivity index (χ0n) is 14.7. The largest absolute Gasteiger partial charge is 0.384 e. The van der Waals surface area contributed by atoms with Gasteiger partial charge in [0.05, 0.1) is 17.4 Å². The van der Waals surface area contributed by atoms with Gasteiger partial charge in [0.15, 0.2) is 0 Å². The van der Waals surface area contributed by atoms with Crippen molar-refractivity contribution in [3.63, 3.8) is 0 Å². The van der Waals surface area contributed by atoms with Crippen molar-refractivity contribution in [2.45, 2.75) is 38.1 Å². The third-order valence-electron chi connectivity index (χ3n) is 4.32. The van der Waals surface area contributed by atoms with Gasteiger partial charge in [-0.1, -0.05) is 24.6 Å². The summed E-state index contributed by atoms with van der Waals surface area (Å²) in [7, 11) is 0. The number of carbonyl (C=O) groups excluding carboxylic acids is 1. The lowest BCUT2D eigenvalue weighted by molar-refractivity contribution is -0.123. The first-order valence-corrected chi connectivity index (χ1v) is 8.65. The number of amides is 1. The zero-order chi connectivity index (χ0) is 16.8. The molecule has 1 aromatic heterocycles. The molecule has 144 valence electrons. The number of para-hydroxylation sites is 1. The molecule has 0 bridgehead atoms. The van der Waals surface area contributed by atoms with Gasteiger partial charge >= 0.3 is 0 Å². The molecule has 3 rings (SSSR count). The number of rotatable bonds is 6. The van der Waals surface area contributed by atoms with Crippen molar-refractivity contribution in [2.75, 3.05) is 18.8 Å². The minimum absolute atomic E-state index is 0. The number of nitrogen functional groups attached to an aromatic ring is 1. The molecule has 0 unspecified atom stereocenters. The van der Waals surface area contributed by atoms with Crippen LogP contribution < -0.4 is 16.4 Å². The SMILES string of the molecule is Cl.Cl.Nc1cc(CCCNC(=O)[C@H]2CCCCN2)nn1-c1ccccc1. The molecule has 1 aliphatic rings. The van der Waals surface area contributed by atoms with Gasteiger partial charge in [-0.3, -0.25) is 4.79 Å². The van der Waals surface area contributed by atoms with Crippen molar-refractivity contribution < 1.29 is 4.79 Å². The summed E-state index contributed by atoms with van der Waals surface area (Å²) in [6.07, 6.45) is 4.87. The fraction of sp³-hybridized carbons (Fsp3) is 0.444. The van der Waals surface area contributed by atoms with E-state index in [-0.39, 0.29) is 36.8 Å². The van der Waals surface area contributed by atoms with Crippen LogP contribution in [0.1, 0.15) is 31.4 Å². The monoisotopic (exact) mass is 399 g/mol. The number of nitrogens with zero attached hydrogens (tertiary/aromatic N) is 2. The molecule has 6 nitrogen and oxygen atoms in total. The maximum Gasteiger partial charge on any atom is 0.237 e. The van der Waals surface area contributed by atoms with E-state index in [1.54, 1.807) is 4.68 Å². The number of piperidine rings is 1. The predicted molar refractivity (Wildman–Crippen MR) is 109 cm³/mol. The van der Waals surface area contributed by atoms with E-state index in [4.69, 9.17) is 5.73 Å². The molecule has 1 aliphatic heterocycles. The van der Waals surface area contributed by atoms with Crippen LogP contribution in [0.5, 0.6) is 0 Å². The fourth-order valence-corrected chi connectivity index (χ4v) is 3.02. The predicted octanol–water partition coefficient (Wildman–Crippen LogP) is 2.49. The molecule has 1 fully saturated rings. The maximum absolute atomic E-state index is 12.0. The van der Waals surface area contributed by atoms with Crippen molar-refractivity contribution in [1.82, 2.24) is 20.4 Å². The number of hydrogen-bond donors (Lipinski definition) is 3. The van der Waals surface area contributed by atoms with Gasteiger partial charge in [0, 0.05) is 12.6 Å². The second-order valence-corrected chi connectivity index (χ2v) is 6.20. The number of halogens is 2. The summed E-state index contributed by atoms with van der Waals surface area (Å²) in [5.41, 5.74) is 7.95. The van der Waals surface area contributed by atoms with Gasteiger partial charge in [-0.2, -0.15) is 5.10 Å². The second kappa shape index (κ2) is 11.1. The Morgan fingerprint density at radius 3 is 2.73 bits per heavy atom. The number of aryl methyl sites for hydroxylation is 1. The molecule has 1 saturated heterocycles. The Balaban J connectivity index is 0.00000169. The summed E-state index contributed by atoms with van der Waals surface area (Å²) in [5.74, 6) is 0.746. The first-order valence-electron chi connectivity index (χ1n) is 8.65. The van der Waals surface area contributed by atoms with Crippen LogP contribution in [0.25, 0.3) is 5.69 Å². The van der Waals surface area contributed by atoms with E-state index >= 15 is 0 Å². The van der Waals surface area contributed by atoms with Gasteiger partial charge in [0.1, 0.15) is 5.82 Å². The van der Waals surface area contributed by atoms with Crippen molar-refractivity contribution >= 4 is 36.5 Å². The van der Waals surface area contributed by atoms with Crippen LogP contribution in [0.4, 0.5) is 5.82 Å². The number of aromatic nitrogens is 2. The summed E-state index contributed by atoms with van der Waals surface area (Å²) in [4.78, 5) is 12.0. The molecule has 0 aliphatic carbocycles. The van der Waals surface area contributed by atoms with E-state index in [0.29, 0.717) is 12.4 Å². The Labute approximate surface area is 166 Å². The number of nitrogens with two attached hydrogens (primary N) is 1. The molecular weight excluding hydrogens is 373 g/mol. The van der Waals surface area contributed by atoms with Gasteiger partial charge in [-0.05, 0) is 44.4 Å². The molecular formula is C18H27Cl2N5O. The lowest BCUT2D eigenvalue weighted by atomic mass is 10.0. The third-order valence-corrected chi connectivity index (χ3v) is 4.32. The van der Waals surface area contributed by atoms with Crippen LogP contribution in [0.2, 0.25) is 0 Å². The molecule has 8 heteroatoms. The smallest absolute Gasteiger partial charge is 0.237 e. The van der Waals surface area contributed by atoms with E-state index in [9.17, 15) is 4.79 Å². The molecule has 1 atom stereocenters. The summed E-state index contributed by atoms with van der Waals surface area (Å²) in [5, 5.41) is 10.8. The Morgan fingerprint density at radius 1 is 1.27 bits per heavy atom. The quantitative estimate of drug-likeness (QED) is 0.651. The van der Waals surface area contributed by atoms with E-state index in [1.165, 1.54) is 0 Å².